The van der Waals surface area contributed by atoms with Gasteiger partial charge in [0.05, 0.1) is 10.5 Å². The molecule has 0 radical (unpaired) electrons. The van der Waals surface area contributed by atoms with Crippen molar-refractivity contribution in [1.82, 2.24) is 9.47 Å². The topological polar surface area (TPSA) is 129 Å². The Kier molecular flexibility index (Phi) is 5.82. The molecule has 10 nitrogen and oxygen atoms in total. The highest BCUT2D eigenvalue weighted by atomic mass is 16.6. The SMILES string of the molecule is C=CCn1c(C)cc(C(=O)COC(=O)CN2C(=O)c3cccc([N+](=O)[O-])c3C2=O)c1C. The summed E-state index contributed by atoms with van der Waals surface area (Å²) in [6.07, 6.45) is 1.70. The molecule has 3 rings (SSSR count). The fraction of sp³-hybridized carbons (Fsp3) is 0.238. The number of hydrogen-bond donors (Lipinski definition) is 0. The van der Waals surface area contributed by atoms with Crippen molar-refractivity contribution in [2.24, 2.45) is 0 Å². The van der Waals surface area contributed by atoms with Crippen LogP contribution in [0.4, 0.5) is 5.69 Å². The molecule has 0 saturated heterocycles. The molecular weight excluding hydrogens is 406 g/mol. The number of aromatic nitrogens is 1. The molecule has 31 heavy (non-hydrogen) atoms. The highest BCUT2D eigenvalue weighted by Gasteiger charge is 2.42. The van der Waals surface area contributed by atoms with Gasteiger partial charge in [0, 0.05) is 29.6 Å². The zero-order chi connectivity index (χ0) is 22.9. The Morgan fingerprint density at radius 3 is 2.58 bits per heavy atom. The van der Waals surface area contributed by atoms with Crippen LogP contribution in [0.1, 0.15) is 42.5 Å². The maximum Gasteiger partial charge on any atom is 0.326 e. The minimum Gasteiger partial charge on any atom is -0.456 e. The van der Waals surface area contributed by atoms with Gasteiger partial charge in [-0.25, -0.2) is 0 Å². The molecule has 1 aliphatic heterocycles. The van der Waals surface area contributed by atoms with E-state index in [0.29, 0.717) is 22.7 Å². The zero-order valence-corrected chi connectivity index (χ0v) is 16.9. The lowest BCUT2D eigenvalue weighted by molar-refractivity contribution is -0.385. The number of ketones is 1. The summed E-state index contributed by atoms with van der Waals surface area (Å²) in [5.74, 6) is -3.20. The predicted molar refractivity (Wildman–Crippen MR) is 108 cm³/mol. The number of nitro groups is 1. The van der Waals surface area contributed by atoms with Crippen molar-refractivity contribution >= 4 is 29.3 Å². The molecule has 1 aromatic heterocycles. The number of aryl methyl sites for hydroxylation is 1. The van der Waals surface area contributed by atoms with Crippen LogP contribution in [-0.4, -0.2) is 51.1 Å². The van der Waals surface area contributed by atoms with Gasteiger partial charge in [0.2, 0.25) is 5.78 Å². The van der Waals surface area contributed by atoms with Crippen molar-refractivity contribution < 1.29 is 28.8 Å². The summed E-state index contributed by atoms with van der Waals surface area (Å²) >= 11 is 0. The number of carbonyl (C=O) groups excluding carboxylic acids is 4. The molecule has 2 heterocycles. The van der Waals surface area contributed by atoms with Gasteiger partial charge in [-0.15, -0.1) is 6.58 Å². The van der Waals surface area contributed by atoms with Crippen LogP contribution in [0.25, 0.3) is 0 Å². The molecule has 0 aliphatic carbocycles. The number of benzene rings is 1. The third-order valence-electron chi connectivity index (χ3n) is 5.01. The van der Waals surface area contributed by atoms with Crippen LogP contribution >= 0.6 is 0 Å². The predicted octanol–water partition coefficient (Wildman–Crippen LogP) is 2.22. The number of nitrogens with zero attached hydrogens (tertiary/aromatic N) is 3. The molecule has 2 aromatic rings. The van der Waals surface area contributed by atoms with E-state index in [4.69, 9.17) is 4.74 Å². The maximum absolute atomic E-state index is 12.5. The lowest BCUT2D eigenvalue weighted by atomic mass is 10.1. The van der Waals surface area contributed by atoms with E-state index in [-0.39, 0.29) is 11.1 Å². The molecular formula is C21H19N3O7. The minimum atomic E-state index is -0.981. The van der Waals surface area contributed by atoms with E-state index < -0.39 is 47.3 Å². The molecule has 0 N–H and O–H groups in total. The smallest absolute Gasteiger partial charge is 0.326 e. The van der Waals surface area contributed by atoms with Crippen molar-refractivity contribution in [3.8, 4) is 0 Å². The zero-order valence-electron chi connectivity index (χ0n) is 16.9. The van der Waals surface area contributed by atoms with Crippen LogP contribution < -0.4 is 0 Å². The van der Waals surface area contributed by atoms with Gasteiger partial charge < -0.3 is 9.30 Å². The van der Waals surface area contributed by atoms with Gasteiger partial charge in [0.25, 0.3) is 17.5 Å². The van der Waals surface area contributed by atoms with Crippen LogP contribution in [0, 0.1) is 24.0 Å². The molecule has 0 unspecified atom stereocenters. The van der Waals surface area contributed by atoms with Gasteiger partial charge in [-0.3, -0.25) is 34.2 Å². The fourth-order valence-corrected chi connectivity index (χ4v) is 3.50. The summed E-state index contributed by atoms with van der Waals surface area (Å²) in [5, 5.41) is 11.1. The van der Waals surface area contributed by atoms with Gasteiger partial charge in [0.1, 0.15) is 12.1 Å². The van der Waals surface area contributed by atoms with E-state index in [2.05, 4.69) is 6.58 Å². The second kappa shape index (κ2) is 8.34. The molecule has 0 fully saturated rings. The molecule has 1 aliphatic rings. The third-order valence-corrected chi connectivity index (χ3v) is 5.01. The van der Waals surface area contributed by atoms with Gasteiger partial charge in [-0.2, -0.15) is 0 Å². The molecule has 0 bridgehead atoms. The lowest BCUT2D eigenvalue weighted by Crippen LogP contribution is -2.36. The molecule has 160 valence electrons. The summed E-state index contributed by atoms with van der Waals surface area (Å²) in [6, 6.07) is 5.34. The van der Waals surface area contributed by atoms with Gasteiger partial charge in [-0.1, -0.05) is 12.1 Å². The largest absolute Gasteiger partial charge is 0.456 e. The van der Waals surface area contributed by atoms with E-state index in [1.807, 2.05) is 11.5 Å². The minimum absolute atomic E-state index is 0.155. The summed E-state index contributed by atoms with van der Waals surface area (Å²) in [6.45, 7) is 6.46. The number of imide groups is 1. The van der Waals surface area contributed by atoms with Crippen molar-refractivity contribution in [1.29, 1.82) is 0 Å². The van der Waals surface area contributed by atoms with Gasteiger partial charge in [0.15, 0.2) is 6.61 Å². The number of carbonyl (C=O) groups is 4. The Balaban J connectivity index is 1.67. The van der Waals surface area contributed by atoms with Gasteiger partial charge in [-0.05, 0) is 26.0 Å². The van der Waals surface area contributed by atoms with Crippen LogP contribution in [-0.2, 0) is 16.1 Å². The van der Waals surface area contributed by atoms with E-state index in [1.54, 1.807) is 19.1 Å². The number of allylic oxidation sites excluding steroid dienone is 1. The van der Waals surface area contributed by atoms with Crippen LogP contribution in [0.2, 0.25) is 0 Å². The Morgan fingerprint density at radius 2 is 1.94 bits per heavy atom. The maximum atomic E-state index is 12.5. The molecule has 10 heteroatoms. The Morgan fingerprint density at radius 1 is 1.23 bits per heavy atom. The molecule has 1 aromatic carbocycles. The Labute approximate surface area is 176 Å². The van der Waals surface area contributed by atoms with E-state index in [0.717, 1.165) is 11.8 Å². The first kappa shape index (κ1) is 21.6. The van der Waals surface area contributed by atoms with Crippen molar-refractivity contribution in [2.45, 2.75) is 20.4 Å². The summed E-state index contributed by atoms with van der Waals surface area (Å²) in [5.41, 5.74) is 0.903. The average Bonchev–Trinajstić information content (AvgIpc) is 3.15. The number of nitro benzene ring substituents is 1. The molecule has 0 saturated carbocycles. The molecule has 0 atom stereocenters. The Bertz CT molecular complexity index is 1150. The standard InChI is InChI=1S/C21H19N3O7/c1-4-8-22-12(2)9-15(13(22)3)17(25)11-31-18(26)10-23-20(27)14-6-5-7-16(24(29)30)19(14)21(23)28/h4-7,9H,1,8,10-11H2,2-3H3. The first-order valence-corrected chi connectivity index (χ1v) is 9.27. The van der Waals surface area contributed by atoms with Crippen molar-refractivity contribution in [2.75, 3.05) is 13.2 Å². The number of hydrogen-bond acceptors (Lipinski definition) is 7. The first-order chi connectivity index (χ1) is 14.7. The van der Waals surface area contributed by atoms with Crippen molar-refractivity contribution in [3.05, 3.63) is 75.1 Å². The highest BCUT2D eigenvalue weighted by Crippen LogP contribution is 2.30. The number of ether oxygens (including phenoxy) is 1. The summed E-state index contributed by atoms with van der Waals surface area (Å²) < 4.78 is 6.84. The van der Waals surface area contributed by atoms with E-state index >= 15 is 0 Å². The van der Waals surface area contributed by atoms with Gasteiger partial charge >= 0.3 is 5.97 Å². The number of esters is 1. The normalized spacial score (nSPS) is 12.6. The number of Topliss-reactive ketones (excluding diaryl/α,β-unsaturated/α-hetero) is 1. The lowest BCUT2D eigenvalue weighted by Gasteiger charge is -2.12. The number of fused-ring (bicyclic) bond motifs is 1. The molecule has 0 spiro atoms. The van der Waals surface area contributed by atoms with E-state index in [9.17, 15) is 29.3 Å². The summed E-state index contributed by atoms with van der Waals surface area (Å²) in [4.78, 5) is 60.5. The van der Waals surface area contributed by atoms with Crippen LogP contribution in [0.15, 0.2) is 36.9 Å². The third kappa shape index (κ3) is 3.87. The quantitative estimate of drug-likeness (QED) is 0.158. The van der Waals surface area contributed by atoms with E-state index in [1.165, 1.54) is 12.1 Å². The monoisotopic (exact) mass is 425 g/mol. The molecule has 2 amide bonds. The Hall–Kier alpha value is -4.08. The number of amides is 2. The second-order valence-electron chi connectivity index (χ2n) is 6.92. The number of rotatable bonds is 8. The first-order valence-electron chi connectivity index (χ1n) is 9.27. The average molecular weight is 425 g/mol. The highest BCUT2D eigenvalue weighted by molar-refractivity contribution is 6.24. The summed E-state index contributed by atoms with van der Waals surface area (Å²) in [7, 11) is 0. The van der Waals surface area contributed by atoms with Crippen molar-refractivity contribution in [3.63, 3.8) is 0 Å². The van der Waals surface area contributed by atoms with Crippen LogP contribution in [0.3, 0.4) is 0 Å². The fourth-order valence-electron chi connectivity index (χ4n) is 3.50. The van der Waals surface area contributed by atoms with Crippen LogP contribution in [0.5, 0.6) is 0 Å². The second-order valence-corrected chi connectivity index (χ2v) is 6.92.